The Bertz CT molecular complexity index is 329. The first-order valence-corrected chi connectivity index (χ1v) is 5.48. The van der Waals surface area contributed by atoms with Crippen molar-refractivity contribution in [2.24, 2.45) is 0 Å². The summed E-state index contributed by atoms with van der Waals surface area (Å²) in [5, 5.41) is 38.0. The van der Waals surface area contributed by atoms with Gasteiger partial charge in [0.2, 0.25) is 0 Å². The Balaban J connectivity index is -0.000000301. The third kappa shape index (κ3) is 20.2. The summed E-state index contributed by atoms with van der Waals surface area (Å²) in [6.45, 7) is -2.75. The monoisotopic (exact) mass is 400 g/mol. The molecule has 0 saturated carbocycles. The van der Waals surface area contributed by atoms with Crippen molar-refractivity contribution in [3.8, 4) is 0 Å². The van der Waals surface area contributed by atoms with E-state index in [-0.39, 0.29) is 47.9 Å². The molecule has 0 aromatic heterocycles. The Morgan fingerprint density at radius 2 is 0.958 bits per heavy atom. The van der Waals surface area contributed by atoms with Crippen molar-refractivity contribution in [1.82, 2.24) is 22.1 Å². The van der Waals surface area contributed by atoms with Gasteiger partial charge in [-0.2, -0.15) is 0 Å². The second-order valence-electron chi connectivity index (χ2n) is 3.95. The Labute approximate surface area is 148 Å². The Kier molecular flexibility index (Phi) is 24.7. The van der Waals surface area contributed by atoms with Crippen LogP contribution < -0.4 is 22.5 Å². The van der Waals surface area contributed by atoms with Crippen LogP contribution in [0.2, 0.25) is 0 Å². The minimum Gasteiger partial charge on any atom is -0.549 e. The van der Waals surface area contributed by atoms with Crippen LogP contribution >= 0.6 is 0 Å². The summed E-state index contributed by atoms with van der Waals surface area (Å²) in [6.07, 6.45) is 0. The van der Waals surface area contributed by atoms with Crippen LogP contribution in [0, 0.1) is 0 Å². The number of carboxylic acids is 4. The molecule has 0 radical (unpaired) electrons. The molecule has 0 saturated heterocycles. The van der Waals surface area contributed by atoms with E-state index in [1.54, 1.807) is 0 Å². The molecule has 12 N–H and O–H groups in total. The molecule has 0 aliphatic carbocycles. The number of nitrogens with zero attached hydrogens (tertiary/aromatic N) is 2. The molecule has 0 atom stereocenters. The number of carbonyl (C=O) groups is 4. The van der Waals surface area contributed by atoms with Gasteiger partial charge in [-0.05, 0) is 0 Å². The molecule has 0 bridgehead atoms. The molecule has 0 fully saturated rings. The molecule has 0 aliphatic heterocycles. The van der Waals surface area contributed by atoms with Gasteiger partial charge < -0.3 is 47.8 Å². The van der Waals surface area contributed by atoms with Crippen molar-refractivity contribution in [1.29, 1.82) is 0 Å². The first-order valence-electron chi connectivity index (χ1n) is 5.48. The molecule has 0 rings (SSSR count). The minimum atomic E-state index is -1.51. The van der Waals surface area contributed by atoms with E-state index in [9.17, 15) is 29.4 Å². The summed E-state index contributed by atoms with van der Waals surface area (Å²) >= 11 is 0. The zero-order valence-electron chi connectivity index (χ0n) is 13.3. The van der Waals surface area contributed by atoms with Crippen molar-refractivity contribution in [3.63, 3.8) is 0 Å². The zero-order chi connectivity index (χ0) is 15.7. The summed E-state index contributed by atoms with van der Waals surface area (Å²) in [5.74, 6) is -5.52. The van der Waals surface area contributed by atoms with Crippen LogP contribution in [0.1, 0.15) is 0 Å². The van der Waals surface area contributed by atoms with Crippen LogP contribution in [0.15, 0.2) is 0 Å². The van der Waals surface area contributed by atoms with E-state index >= 15 is 0 Å². The normalized spacial score (nSPS) is 8.92. The number of aliphatic carboxylic acids is 4. The van der Waals surface area contributed by atoms with Crippen LogP contribution in [0.25, 0.3) is 0 Å². The van der Waals surface area contributed by atoms with E-state index in [1.165, 1.54) is 0 Å². The minimum absolute atomic E-state index is 0. The second kappa shape index (κ2) is 17.6. The fourth-order valence-corrected chi connectivity index (χ4v) is 1.46. The number of carbonyl (C=O) groups excluding carboxylic acids is 2. The summed E-state index contributed by atoms with van der Waals surface area (Å²) in [4.78, 5) is 43.9. The maximum atomic E-state index is 10.5. The Morgan fingerprint density at radius 1 is 0.708 bits per heavy atom. The molecule has 0 heterocycles. The van der Waals surface area contributed by atoms with Gasteiger partial charge >= 0.3 is 11.9 Å². The van der Waals surface area contributed by atoms with E-state index < -0.39 is 50.1 Å². The summed E-state index contributed by atoms with van der Waals surface area (Å²) in [7, 11) is 0. The molecule has 0 amide bonds. The van der Waals surface area contributed by atoms with Crippen LogP contribution in [-0.4, -0.2) is 88.6 Å². The van der Waals surface area contributed by atoms with Crippen LogP contribution in [0.3, 0.4) is 0 Å². The largest absolute Gasteiger partial charge is 0.549 e. The SMILES string of the molecule is O.O=C([O-])CN(CCN(CC(=O)O)CC(=O)O)CC(=O)[O-].[Fe].[NH4+].[NH4+]. The number of carboxylic acid groups (broad SMARTS) is 4. The molecule has 0 aromatic rings. The summed E-state index contributed by atoms with van der Waals surface area (Å²) < 4.78 is 0. The molecule has 0 aromatic carbocycles. The van der Waals surface area contributed by atoms with Gasteiger partial charge in [-0.15, -0.1) is 0 Å². The average molecular weight is 400 g/mol. The molecule has 146 valence electrons. The Hall–Kier alpha value is -1.80. The van der Waals surface area contributed by atoms with E-state index in [0.29, 0.717) is 0 Å². The van der Waals surface area contributed by atoms with E-state index in [2.05, 4.69) is 0 Å². The second-order valence-corrected chi connectivity index (χ2v) is 3.95. The molecular formula is C10H24FeN4O9. The Morgan fingerprint density at radius 3 is 1.17 bits per heavy atom. The van der Waals surface area contributed by atoms with E-state index in [0.717, 1.165) is 9.80 Å². The number of quaternary nitrogens is 2. The predicted molar refractivity (Wildman–Crippen MR) is 73.7 cm³/mol. The maximum Gasteiger partial charge on any atom is 0.317 e. The van der Waals surface area contributed by atoms with Crippen molar-refractivity contribution < 1.29 is 62.1 Å². The molecule has 14 heteroatoms. The number of rotatable bonds is 11. The van der Waals surface area contributed by atoms with Crippen LogP contribution in [0.5, 0.6) is 0 Å². The summed E-state index contributed by atoms with van der Waals surface area (Å²) in [6, 6.07) is 0. The zero-order valence-corrected chi connectivity index (χ0v) is 14.4. The summed E-state index contributed by atoms with van der Waals surface area (Å²) in [5.41, 5.74) is 0. The van der Waals surface area contributed by atoms with E-state index in [1.807, 2.05) is 0 Å². The maximum absolute atomic E-state index is 10.5. The third-order valence-corrected chi connectivity index (χ3v) is 2.16. The molecule has 13 nitrogen and oxygen atoms in total. The molecule has 24 heavy (non-hydrogen) atoms. The van der Waals surface area contributed by atoms with Gasteiger partial charge in [0.25, 0.3) is 0 Å². The van der Waals surface area contributed by atoms with Gasteiger partial charge in [-0.25, -0.2) is 0 Å². The number of hydrogen-bond acceptors (Lipinski definition) is 8. The molecule has 0 spiro atoms. The van der Waals surface area contributed by atoms with Gasteiger partial charge in [0.1, 0.15) is 0 Å². The van der Waals surface area contributed by atoms with Gasteiger partial charge in [0, 0.05) is 43.2 Å². The molecule has 0 aliphatic rings. The quantitative estimate of drug-likeness (QED) is 0.240. The average Bonchev–Trinajstić information content (AvgIpc) is 2.22. The molecular weight excluding hydrogens is 376 g/mol. The standard InChI is InChI=1S/C10H16N2O8.Fe.2H3N.H2O/c13-7(14)3-11(4-8(15)16)1-2-12(5-9(17)18)6-10(19)20;;;;/h1-6H2,(H,13,14)(H,15,16)(H,17,18)(H,19,20);;2*1H3;1H2. The van der Waals surface area contributed by atoms with Crippen LogP contribution in [-0.2, 0) is 36.2 Å². The fourth-order valence-electron chi connectivity index (χ4n) is 1.46. The van der Waals surface area contributed by atoms with Crippen molar-refractivity contribution in [3.05, 3.63) is 0 Å². The van der Waals surface area contributed by atoms with Crippen molar-refractivity contribution >= 4 is 23.9 Å². The van der Waals surface area contributed by atoms with Gasteiger partial charge in [-0.1, -0.05) is 0 Å². The first-order chi connectivity index (χ1) is 9.20. The third-order valence-electron chi connectivity index (χ3n) is 2.16. The fraction of sp³-hybridized carbons (Fsp3) is 0.600. The molecule has 0 unspecified atom stereocenters. The van der Waals surface area contributed by atoms with Gasteiger partial charge in [0.15, 0.2) is 0 Å². The number of hydrogen-bond donors (Lipinski definition) is 4. The van der Waals surface area contributed by atoms with Crippen molar-refractivity contribution in [2.75, 3.05) is 39.3 Å². The predicted octanol–water partition coefficient (Wildman–Crippen LogP) is -4.82. The van der Waals surface area contributed by atoms with E-state index in [4.69, 9.17) is 10.2 Å². The van der Waals surface area contributed by atoms with Crippen molar-refractivity contribution in [2.45, 2.75) is 0 Å². The van der Waals surface area contributed by atoms with Gasteiger partial charge in [-0.3, -0.25) is 19.4 Å². The topological polar surface area (TPSA) is 266 Å². The smallest absolute Gasteiger partial charge is 0.317 e. The van der Waals surface area contributed by atoms with Crippen LogP contribution in [0.4, 0.5) is 0 Å². The first kappa shape index (κ1) is 33.7. The van der Waals surface area contributed by atoms with Gasteiger partial charge in [0.05, 0.1) is 25.0 Å².